The third-order valence-corrected chi connectivity index (χ3v) is 5.00. The van der Waals surface area contributed by atoms with Crippen LogP contribution in [0.3, 0.4) is 0 Å². The van der Waals surface area contributed by atoms with Crippen molar-refractivity contribution < 1.29 is 9.53 Å². The minimum absolute atomic E-state index is 0.157. The Morgan fingerprint density at radius 3 is 2.78 bits per heavy atom. The summed E-state index contributed by atoms with van der Waals surface area (Å²) >= 11 is 0. The van der Waals surface area contributed by atoms with Gasteiger partial charge in [-0.05, 0) is 49.8 Å². The molecule has 6 heteroatoms. The summed E-state index contributed by atoms with van der Waals surface area (Å²) in [5.41, 5.74) is 1.55. The number of ether oxygens (including phenoxy) is 1. The summed E-state index contributed by atoms with van der Waals surface area (Å²) in [4.78, 5) is 23.7. The number of hydrogen-bond acceptors (Lipinski definition) is 5. The highest BCUT2D eigenvalue weighted by atomic mass is 16.5. The monoisotopic (exact) mass is 368 g/mol. The van der Waals surface area contributed by atoms with Crippen LogP contribution in [0.4, 0.5) is 5.82 Å². The number of carbonyl (C=O) groups is 1. The molecule has 1 N–H and O–H groups in total. The van der Waals surface area contributed by atoms with Crippen molar-refractivity contribution in [1.29, 1.82) is 0 Å². The molecule has 0 bridgehead atoms. The van der Waals surface area contributed by atoms with Gasteiger partial charge in [-0.1, -0.05) is 19.1 Å². The van der Waals surface area contributed by atoms with Gasteiger partial charge in [-0.2, -0.15) is 0 Å². The second-order valence-electron chi connectivity index (χ2n) is 7.19. The first-order valence-corrected chi connectivity index (χ1v) is 9.57. The highest BCUT2D eigenvalue weighted by molar-refractivity contribution is 5.92. The molecule has 0 atom stereocenters. The Labute approximate surface area is 161 Å². The smallest absolute Gasteiger partial charge is 0.270 e. The average Bonchev–Trinajstić information content (AvgIpc) is 2.68. The van der Waals surface area contributed by atoms with Crippen LogP contribution in [0.15, 0.2) is 30.3 Å². The number of nitrogens with zero attached hydrogens (tertiary/aromatic N) is 3. The van der Waals surface area contributed by atoms with Crippen LogP contribution < -0.4 is 15.0 Å². The van der Waals surface area contributed by atoms with E-state index in [1.165, 1.54) is 0 Å². The number of carbonyl (C=O) groups excluding carboxylic acids is 1. The van der Waals surface area contributed by atoms with Crippen LogP contribution in [0, 0.1) is 12.8 Å². The fourth-order valence-electron chi connectivity index (χ4n) is 3.31. The number of amides is 1. The van der Waals surface area contributed by atoms with Crippen molar-refractivity contribution in [1.82, 2.24) is 15.3 Å². The molecular formula is C21H28N4O2. The second kappa shape index (κ2) is 8.84. The first kappa shape index (κ1) is 19.1. The number of benzene rings is 1. The Bertz CT molecular complexity index is 786. The van der Waals surface area contributed by atoms with E-state index in [9.17, 15) is 4.79 Å². The molecule has 1 aliphatic heterocycles. The molecule has 1 aliphatic rings. The van der Waals surface area contributed by atoms with Crippen molar-refractivity contribution in [2.24, 2.45) is 5.92 Å². The molecule has 2 aromatic rings. The van der Waals surface area contributed by atoms with Gasteiger partial charge in [-0.15, -0.1) is 0 Å². The van der Waals surface area contributed by atoms with Crippen LogP contribution in [0.1, 0.15) is 41.6 Å². The van der Waals surface area contributed by atoms with E-state index in [0.717, 1.165) is 55.4 Å². The van der Waals surface area contributed by atoms with Gasteiger partial charge in [0.15, 0.2) is 0 Å². The number of aryl methyl sites for hydroxylation is 1. The van der Waals surface area contributed by atoms with Crippen LogP contribution in [-0.2, 0) is 6.42 Å². The van der Waals surface area contributed by atoms with Crippen molar-refractivity contribution >= 4 is 11.7 Å². The van der Waals surface area contributed by atoms with Gasteiger partial charge in [0, 0.05) is 25.7 Å². The maximum atomic E-state index is 12.6. The number of aromatic nitrogens is 2. The number of hydrogen-bond donors (Lipinski definition) is 1. The van der Waals surface area contributed by atoms with E-state index in [0.29, 0.717) is 18.1 Å². The summed E-state index contributed by atoms with van der Waals surface area (Å²) in [7, 11) is 1.65. The quantitative estimate of drug-likeness (QED) is 0.849. The molecule has 2 heterocycles. The van der Waals surface area contributed by atoms with Gasteiger partial charge in [-0.25, -0.2) is 9.97 Å². The third kappa shape index (κ3) is 5.18. The Balaban J connectivity index is 1.60. The van der Waals surface area contributed by atoms with Crippen LogP contribution in [0.2, 0.25) is 0 Å². The average molecular weight is 368 g/mol. The van der Waals surface area contributed by atoms with Crippen LogP contribution in [0.25, 0.3) is 0 Å². The predicted molar refractivity (Wildman–Crippen MR) is 106 cm³/mol. The van der Waals surface area contributed by atoms with Gasteiger partial charge in [0.2, 0.25) is 0 Å². The first-order valence-electron chi connectivity index (χ1n) is 9.57. The number of methoxy groups -OCH3 is 1. The third-order valence-electron chi connectivity index (χ3n) is 5.00. The summed E-state index contributed by atoms with van der Waals surface area (Å²) in [6, 6.07) is 9.68. The lowest BCUT2D eigenvalue weighted by Gasteiger charge is -2.31. The maximum Gasteiger partial charge on any atom is 0.270 e. The lowest BCUT2D eigenvalue weighted by Crippen LogP contribution is -2.34. The van der Waals surface area contributed by atoms with Crippen molar-refractivity contribution in [3.63, 3.8) is 0 Å². The minimum Gasteiger partial charge on any atom is -0.497 e. The molecule has 1 amide bonds. The lowest BCUT2D eigenvalue weighted by molar-refractivity contribution is 0.0948. The number of rotatable bonds is 6. The van der Waals surface area contributed by atoms with Gasteiger partial charge in [0.1, 0.15) is 23.1 Å². The molecular weight excluding hydrogens is 340 g/mol. The summed E-state index contributed by atoms with van der Waals surface area (Å²) in [5.74, 6) is 2.90. The zero-order chi connectivity index (χ0) is 19.2. The normalized spacial score (nSPS) is 14.9. The summed E-state index contributed by atoms with van der Waals surface area (Å²) < 4.78 is 5.23. The van der Waals surface area contributed by atoms with E-state index in [1.54, 1.807) is 7.11 Å². The SMILES string of the molecule is COc1cccc(CCNC(=O)c2cc(N3CCC(C)CC3)nc(C)n2)c1. The molecule has 3 rings (SSSR count). The molecule has 0 radical (unpaired) electrons. The summed E-state index contributed by atoms with van der Waals surface area (Å²) in [6.45, 7) is 6.63. The van der Waals surface area contributed by atoms with E-state index in [-0.39, 0.29) is 5.91 Å². The molecule has 0 spiro atoms. The molecule has 1 aromatic heterocycles. The van der Waals surface area contributed by atoms with Gasteiger partial charge in [0.05, 0.1) is 7.11 Å². The Morgan fingerprint density at radius 2 is 2.04 bits per heavy atom. The molecule has 0 aliphatic carbocycles. The van der Waals surface area contributed by atoms with Crippen LogP contribution in [-0.4, -0.2) is 42.6 Å². The summed E-state index contributed by atoms with van der Waals surface area (Å²) in [6.07, 6.45) is 3.06. The van der Waals surface area contributed by atoms with Gasteiger partial charge < -0.3 is 15.0 Å². The largest absolute Gasteiger partial charge is 0.497 e. The molecule has 6 nitrogen and oxygen atoms in total. The number of piperidine rings is 1. The predicted octanol–water partition coefficient (Wildman–Crippen LogP) is 3.00. The van der Waals surface area contributed by atoms with Crippen molar-refractivity contribution in [2.75, 3.05) is 31.6 Å². The first-order chi connectivity index (χ1) is 13.0. The van der Waals surface area contributed by atoms with E-state index in [2.05, 4.69) is 27.1 Å². The van der Waals surface area contributed by atoms with E-state index in [4.69, 9.17) is 4.74 Å². The molecule has 0 unspecified atom stereocenters. The van der Waals surface area contributed by atoms with Gasteiger partial charge in [-0.3, -0.25) is 4.79 Å². The van der Waals surface area contributed by atoms with Crippen LogP contribution in [0.5, 0.6) is 5.75 Å². The van der Waals surface area contributed by atoms with Gasteiger partial charge in [0.25, 0.3) is 5.91 Å². The maximum absolute atomic E-state index is 12.6. The minimum atomic E-state index is -0.157. The zero-order valence-electron chi connectivity index (χ0n) is 16.4. The molecule has 1 aromatic carbocycles. The molecule has 0 saturated carbocycles. The van der Waals surface area contributed by atoms with Crippen LogP contribution >= 0.6 is 0 Å². The standard InChI is InChI=1S/C21H28N4O2/c1-15-8-11-25(12-9-15)20-14-19(23-16(2)24-20)21(26)22-10-7-17-5-4-6-18(13-17)27-3/h4-6,13-15H,7-12H2,1-3H3,(H,22,26). The Hall–Kier alpha value is -2.63. The topological polar surface area (TPSA) is 67.3 Å². The van der Waals surface area contributed by atoms with E-state index in [1.807, 2.05) is 37.3 Å². The van der Waals surface area contributed by atoms with Gasteiger partial charge >= 0.3 is 0 Å². The molecule has 144 valence electrons. The highest BCUT2D eigenvalue weighted by Crippen LogP contribution is 2.22. The fraction of sp³-hybridized carbons (Fsp3) is 0.476. The molecule has 27 heavy (non-hydrogen) atoms. The van der Waals surface area contributed by atoms with E-state index >= 15 is 0 Å². The number of anilines is 1. The Kier molecular flexibility index (Phi) is 6.27. The molecule has 1 fully saturated rings. The lowest BCUT2D eigenvalue weighted by atomic mass is 9.99. The second-order valence-corrected chi connectivity index (χ2v) is 7.19. The molecule has 1 saturated heterocycles. The zero-order valence-corrected chi connectivity index (χ0v) is 16.4. The number of nitrogens with one attached hydrogen (secondary N) is 1. The van der Waals surface area contributed by atoms with Crippen molar-refractivity contribution in [2.45, 2.75) is 33.1 Å². The Morgan fingerprint density at radius 1 is 1.26 bits per heavy atom. The highest BCUT2D eigenvalue weighted by Gasteiger charge is 2.19. The van der Waals surface area contributed by atoms with Crippen molar-refractivity contribution in [3.8, 4) is 5.75 Å². The van der Waals surface area contributed by atoms with Crippen molar-refractivity contribution in [3.05, 3.63) is 47.4 Å². The van der Waals surface area contributed by atoms with E-state index < -0.39 is 0 Å². The fourth-order valence-corrected chi connectivity index (χ4v) is 3.31. The summed E-state index contributed by atoms with van der Waals surface area (Å²) in [5, 5.41) is 2.96.